The average molecular weight is 485 g/mol. The van der Waals surface area contributed by atoms with E-state index >= 15 is 0 Å². The van der Waals surface area contributed by atoms with Crippen LogP contribution in [-0.2, 0) is 5.41 Å². The Morgan fingerprint density at radius 2 is 1.77 bits per heavy atom. The summed E-state index contributed by atoms with van der Waals surface area (Å²) < 4.78 is 27.4. The summed E-state index contributed by atoms with van der Waals surface area (Å²) in [6.45, 7) is 8.83. The molecule has 0 spiro atoms. The first-order valence-corrected chi connectivity index (χ1v) is 12.7. The van der Waals surface area contributed by atoms with Crippen LogP contribution in [0, 0.1) is 18.8 Å². The molecule has 2 N–H and O–H groups in total. The van der Waals surface area contributed by atoms with Crippen molar-refractivity contribution in [1.29, 1.82) is 0 Å². The molecule has 35 heavy (non-hydrogen) atoms. The van der Waals surface area contributed by atoms with Crippen molar-refractivity contribution in [2.24, 2.45) is 11.8 Å². The molecule has 6 rings (SSSR count). The summed E-state index contributed by atoms with van der Waals surface area (Å²) in [5.41, 5.74) is 1.79. The maximum absolute atomic E-state index is 13.7. The van der Waals surface area contributed by atoms with Crippen molar-refractivity contribution < 1.29 is 8.78 Å². The first-order valence-electron chi connectivity index (χ1n) is 12.7. The standard InChI is InChI=1S/C25H34F2N8/c1-14-7-18(30-13-29-14)34-10-15-5-6-16(11-34)20(15)31-23-32-21(28-4)19-22(33-23)35(12-24(19,2)3)17-8-25(26,27)9-17/h7,13,15-17,20H,5-6,8-12H2,1-4H3,(H2,28,31,32,33)/t15-,16+,20?. The number of alkyl halides is 2. The van der Waals surface area contributed by atoms with Crippen molar-refractivity contribution in [3.8, 4) is 0 Å². The fraction of sp³-hybridized carbons (Fsp3) is 0.680. The summed E-state index contributed by atoms with van der Waals surface area (Å²) in [4.78, 5) is 23.0. The van der Waals surface area contributed by atoms with Crippen LogP contribution in [0.15, 0.2) is 12.4 Å². The lowest BCUT2D eigenvalue weighted by Crippen LogP contribution is -2.51. The molecule has 188 valence electrons. The topological polar surface area (TPSA) is 82.1 Å². The Labute approximate surface area is 204 Å². The zero-order chi connectivity index (χ0) is 24.5. The molecule has 2 saturated carbocycles. The van der Waals surface area contributed by atoms with E-state index in [2.05, 4.69) is 50.3 Å². The van der Waals surface area contributed by atoms with E-state index in [0.717, 1.165) is 54.6 Å². The minimum atomic E-state index is -2.56. The molecule has 4 aliphatic rings. The summed E-state index contributed by atoms with van der Waals surface area (Å²) >= 11 is 0. The van der Waals surface area contributed by atoms with Crippen molar-refractivity contribution in [2.75, 3.05) is 47.1 Å². The predicted octanol–water partition coefficient (Wildman–Crippen LogP) is 3.84. The average Bonchev–Trinajstić information content (AvgIpc) is 3.17. The van der Waals surface area contributed by atoms with Gasteiger partial charge in [-0.1, -0.05) is 13.8 Å². The van der Waals surface area contributed by atoms with Gasteiger partial charge in [-0.3, -0.25) is 0 Å². The molecule has 2 aromatic heterocycles. The third kappa shape index (κ3) is 3.85. The smallest absolute Gasteiger partial charge is 0.252 e. The maximum atomic E-state index is 13.7. The lowest BCUT2D eigenvalue weighted by molar-refractivity contribution is -0.0859. The molecule has 2 aliphatic heterocycles. The molecule has 1 unspecified atom stereocenters. The van der Waals surface area contributed by atoms with Gasteiger partial charge in [0.1, 0.15) is 23.8 Å². The second-order valence-electron chi connectivity index (χ2n) is 11.5. The zero-order valence-electron chi connectivity index (χ0n) is 20.9. The van der Waals surface area contributed by atoms with Crippen LogP contribution in [-0.4, -0.2) is 64.6 Å². The Kier molecular flexibility index (Phi) is 5.09. The number of hydrogen-bond donors (Lipinski definition) is 2. The number of nitrogens with one attached hydrogen (secondary N) is 2. The Balaban J connectivity index is 1.26. The normalized spacial score (nSPS) is 28.6. The number of rotatable bonds is 5. The van der Waals surface area contributed by atoms with Crippen LogP contribution in [0.4, 0.5) is 32.2 Å². The summed E-state index contributed by atoms with van der Waals surface area (Å²) in [5.74, 6) is 1.56. The van der Waals surface area contributed by atoms with E-state index in [1.165, 1.54) is 0 Å². The second kappa shape index (κ2) is 7.86. The zero-order valence-corrected chi connectivity index (χ0v) is 20.9. The van der Waals surface area contributed by atoms with Gasteiger partial charge in [0.15, 0.2) is 0 Å². The van der Waals surface area contributed by atoms with E-state index in [4.69, 9.17) is 9.97 Å². The van der Waals surface area contributed by atoms with Crippen LogP contribution in [0.5, 0.6) is 0 Å². The summed E-state index contributed by atoms with van der Waals surface area (Å²) in [6.07, 6.45) is 3.75. The van der Waals surface area contributed by atoms with Gasteiger partial charge in [-0.05, 0) is 31.6 Å². The predicted molar refractivity (Wildman–Crippen MR) is 133 cm³/mol. The van der Waals surface area contributed by atoms with Gasteiger partial charge < -0.3 is 20.4 Å². The maximum Gasteiger partial charge on any atom is 0.252 e. The number of hydrogen-bond acceptors (Lipinski definition) is 8. The van der Waals surface area contributed by atoms with Gasteiger partial charge in [0.05, 0.1) is 0 Å². The van der Waals surface area contributed by atoms with Crippen LogP contribution in [0.1, 0.15) is 50.8 Å². The molecule has 2 aromatic rings. The SMILES string of the molecule is CNc1nc(NC2[C@@H]3CC[C@H]2CN(c2cc(C)ncn2)C3)nc2c1C(C)(C)CN2C1CC(F)(F)C1. The van der Waals surface area contributed by atoms with Gasteiger partial charge in [0, 0.05) is 74.3 Å². The molecular weight excluding hydrogens is 450 g/mol. The van der Waals surface area contributed by atoms with Gasteiger partial charge in [0.2, 0.25) is 5.95 Å². The van der Waals surface area contributed by atoms with Gasteiger partial charge in [0.25, 0.3) is 5.92 Å². The first kappa shape index (κ1) is 22.7. The number of piperidine rings is 1. The molecular formula is C25H34F2N8. The van der Waals surface area contributed by atoms with E-state index in [0.29, 0.717) is 24.3 Å². The fourth-order valence-electron chi connectivity index (χ4n) is 6.67. The molecule has 3 fully saturated rings. The van der Waals surface area contributed by atoms with E-state index in [1.807, 2.05) is 14.0 Å². The minimum absolute atomic E-state index is 0.102. The Hall–Kier alpha value is -2.78. The number of anilines is 4. The van der Waals surface area contributed by atoms with Crippen molar-refractivity contribution in [3.05, 3.63) is 23.7 Å². The van der Waals surface area contributed by atoms with E-state index in [9.17, 15) is 8.78 Å². The van der Waals surface area contributed by atoms with E-state index in [1.54, 1.807) is 6.33 Å². The molecule has 1 saturated heterocycles. The van der Waals surface area contributed by atoms with Crippen molar-refractivity contribution in [3.63, 3.8) is 0 Å². The third-order valence-corrected chi connectivity index (χ3v) is 8.39. The van der Waals surface area contributed by atoms with Crippen LogP contribution in [0.2, 0.25) is 0 Å². The van der Waals surface area contributed by atoms with E-state index < -0.39 is 5.92 Å². The number of aryl methyl sites for hydroxylation is 1. The monoisotopic (exact) mass is 484 g/mol. The van der Waals surface area contributed by atoms with Crippen LogP contribution >= 0.6 is 0 Å². The van der Waals surface area contributed by atoms with Crippen molar-refractivity contribution in [2.45, 2.75) is 69.9 Å². The fourth-order valence-corrected chi connectivity index (χ4v) is 6.67. The highest BCUT2D eigenvalue weighted by Crippen LogP contribution is 2.50. The minimum Gasteiger partial charge on any atom is -0.373 e. The van der Waals surface area contributed by atoms with Gasteiger partial charge in [-0.15, -0.1) is 0 Å². The molecule has 2 bridgehead atoms. The lowest BCUT2D eigenvalue weighted by atomic mass is 9.85. The third-order valence-electron chi connectivity index (χ3n) is 8.39. The number of halogens is 2. The molecule has 2 aliphatic carbocycles. The molecule has 0 aromatic carbocycles. The van der Waals surface area contributed by atoms with Crippen LogP contribution in [0.3, 0.4) is 0 Å². The van der Waals surface area contributed by atoms with Gasteiger partial charge >= 0.3 is 0 Å². The molecule has 0 amide bonds. The molecule has 0 radical (unpaired) electrons. The lowest BCUT2D eigenvalue weighted by Gasteiger charge is -2.42. The summed E-state index contributed by atoms with van der Waals surface area (Å²) in [6, 6.07) is 2.16. The van der Waals surface area contributed by atoms with Gasteiger partial charge in [-0.25, -0.2) is 18.7 Å². The summed E-state index contributed by atoms with van der Waals surface area (Å²) in [5, 5.41) is 6.93. The molecule has 4 heterocycles. The Bertz CT molecular complexity index is 1120. The largest absolute Gasteiger partial charge is 0.373 e. The Morgan fingerprint density at radius 1 is 1.06 bits per heavy atom. The van der Waals surface area contributed by atoms with Crippen LogP contribution < -0.4 is 20.4 Å². The van der Waals surface area contributed by atoms with Crippen LogP contribution in [0.25, 0.3) is 0 Å². The number of fused-ring (bicyclic) bond motifs is 3. The van der Waals surface area contributed by atoms with Crippen molar-refractivity contribution in [1.82, 2.24) is 19.9 Å². The van der Waals surface area contributed by atoms with Gasteiger partial charge in [-0.2, -0.15) is 9.97 Å². The van der Waals surface area contributed by atoms with Crippen molar-refractivity contribution >= 4 is 23.4 Å². The molecule has 3 atom stereocenters. The highest BCUT2D eigenvalue weighted by atomic mass is 19.3. The Morgan fingerprint density at radius 3 is 2.40 bits per heavy atom. The molecule has 10 heteroatoms. The number of aromatic nitrogens is 4. The quantitative estimate of drug-likeness (QED) is 0.663. The molecule has 8 nitrogen and oxygen atoms in total. The van der Waals surface area contributed by atoms with E-state index in [-0.39, 0.29) is 30.3 Å². The summed E-state index contributed by atoms with van der Waals surface area (Å²) in [7, 11) is 1.87. The highest BCUT2D eigenvalue weighted by Gasteiger charge is 2.52. The highest BCUT2D eigenvalue weighted by molar-refractivity contribution is 5.70. The second-order valence-corrected chi connectivity index (χ2v) is 11.5. The number of nitrogens with zero attached hydrogens (tertiary/aromatic N) is 6. The first-order chi connectivity index (χ1) is 16.6.